The molecule has 5 nitrogen and oxygen atoms in total. The topological polar surface area (TPSA) is 77.5 Å². The molecular formula is C15H24N2O3. The molecule has 5 heteroatoms. The van der Waals surface area contributed by atoms with Crippen LogP contribution in [0.15, 0.2) is 22.8 Å². The monoisotopic (exact) mass is 280 g/mol. The van der Waals surface area contributed by atoms with Gasteiger partial charge in [-0.25, -0.2) is 0 Å². The SMILES string of the molecule is NCC1CCCC1C(=O)NCCCOCc1ccco1. The summed E-state index contributed by atoms with van der Waals surface area (Å²) in [6.45, 7) is 2.37. The minimum atomic E-state index is 0.115. The van der Waals surface area contributed by atoms with E-state index in [-0.39, 0.29) is 11.8 Å². The predicted octanol–water partition coefficient (Wildman–Crippen LogP) is 1.68. The first-order valence-corrected chi connectivity index (χ1v) is 7.39. The summed E-state index contributed by atoms with van der Waals surface area (Å²) in [7, 11) is 0. The number of nitrogens with two attached hydrogens (primary N) is 1. The van der Waals surface area contributed by atoms with Crippen LogP contribution < -0.4 is 11.1 Å². The average molecular weight is 280 g/mol. The minimum absolute atomic E-state index is 0.115. The zero-order valence-corrected chi connectivity index (χ0v) is 11.8. The quantitative estimate of drug-likeness (QED) is 0.710. The Hall–Kier alpha value is -1.33. The summed E-state index contributed by atoms with van der Waals surface area (Å²) < 4.78 is 10.6. The highest BCUT2D eigenvalue weighted by Gasteiger charge is 2.31. The molecule has 0 aliphatic heterocycles. The molecule has 112 valence electrons. The van der Waals surface area contributed by atoms with Gasteiger partial charge in [-0.15, -0.1) is 0 Å². The van der Waals surface area contributed by atoms with Crippen molar-refractivity contribution in [2.75, 3.05) is 19.7 Å². The van der Waals surface area contributed by atoms with Gasteiger partial charge >= 0.3 is 0 Å². The number of carbonyl (C=O) groups excluding carboxylic acids is 1. The van der Waals surface area contributed by atoms with Crippen molar-refractivity contribution in [3.8, 4) is 0 Å². The van der Waals surface area contributed by atoms with Crippen molar-refractivity contribution in [3.05, 3.63) is 24.2 Å². The highest BCUT2D eigenvalue weighted by molar-refractivity contribution is 5.79. The van der Waals surface area contributed by atoms with Crippen LogP contribution >= 0.6 is 0 Å². The van der Waals surface area contributed by atoms with Gasteiger partial charge in [0.15, 0.2) is 0 Å². The molecule has 2 unspecified atom stereocenters. The van der Waals surface area contributed by atoms with Gasteiger partial charge in [0, 0.05) is 19.1 Å². The van der Waals surface area contributed by atoms with E-state index in [9.17, 15) is 4.79 Å². The maximum atomic E-state index is 12.0. The predicted molar refractivity (Wildman–Crippen MR) is 75.9 cm³/mol. The fourth-order valence-electron chi connectivity index (χ4n) is 2.75. The Bertz CT molecular complexity index is 392. The molecule has 1 heterocycles. The van der Waals surface area contributed by atoms with E-state index in [1.54, 1.807) is 6.26 Å². The fourth-order valence-corrected chi connectivity index (χ4v) is 2.75. The van der Waals surface area contributed by atoms with Gasteiger partial charge in [0.1, 0.15) is 12.4 Å². The maximum Gasteiger partial charge on any atom is 0.223 e. The number of nitrogens with one attached hydrogen (secondary N) is 1. The molecule has 0 spiro atoms. The van der Waals surface area contributed by atoms with Crippen LogP contribution in [0.4, 0.5) is 0 Å². The maximum absolute atomic E-state index is 12.0. The van der Waals surface area contributed by atoms with E-state index in [0.29, 0.717) is 32.2 Å². The first-order valence-electron chi connectivity index (χ1n) is 7.39. The third-order valence-electron chi connectivity index (χ3n) is 3.89. The number of hydrogen-bond donors (Lipinski definition) is 2. The average Bonchev–Trinajstić information content (AvgIpc) is 3.12. The zero-order valence-electron chi connectivity index (χ0n) is 11.8. The molecule has 0 aromatic carbocycles. The summed E-state index contributed by atoms with van der Waals surface area (Å²) >= 11 is 0. The third-order valence-corrected chi connectivity index (χ3v) is 3.89. The van der Waals surface area contributed by atoms with Crippen LogP contribution in [0.25, 0.3) is 0 Å². The number of hydrogen-bond acceptors (Lipinski definition) is 4. The molecule has 1 fully saturated rings. The molecule has 1 aromatic heterocycles. The van der Waals surface area contributed by atoms with E-state index in [4.69, 9.17) is 14.9 Å². The minimum Gasteiger partial charge on any atom is -0.467 e. The highest BCUT2D eigenvalue weighted by atomic mass is 16.5. The Morgan fingerprint density at radius 3 is 3.15 bits per heavy atom. The number of carbonyl (C=O) groups is 1. The van der Waals surface area contributed by atoms with Gasteiger partial charge in [-0.1, -0.05) is 6.42 Å². The first-order chi connectivity index (χ1) is 9.81. The van der Waals surface area contributed by atoms with E-state index >= 15 is 0 Å². The van der Waals surface area contributed by atoms with E-state index in [0.717, 1.165) is 31.4 Å². The normalized spacial score (nSPS) is 22.1. The van der Waals surface area contributed by atoms with Crippen molar-refractivity contribution in [2.24, 2.45) is 17.6 Å². The van der Waals surface area contributed by atoms with Crippen molar-refractivity contribution in [3.63, 3.8) is 0 Å². The molecule has 0 saturated heterocycles. The van der Waals surface area contributed by atoms with E-state index in [1.165, 1.54) is 0 Å². The van der Waals surface area contributed by atoms with Crippen molar-refractivity contribution in [2.45, 2.75) is 32.3 Å². The lowest BCUT2D eigenvalue weighted by atomic mass is 9.95. The fraction of sp³-hybridized carbons (Fsp3) is 0.667. The van der Waals surface area contributed by atoms with E-state index < -0.39 is 0 Å². The second kappa shape index (κ2) is 8.07. The molecule has 0 bridgehead atoms. The Kier molecular flexibility index (Phi) is 6.08. The van der Waals surface area contributed by atoms with E-state index in [2.05, 4.69) is 5.32 Å². The second-order valence-electron chi connectivity index (χ2n) is 5.31. The third kappa shape index (κ3) is 4.35. The van der Waals surface area contributed by atoms with Crippen LogP contribution in [0.3, 0.4) is 0 Å². The molecule has 1 aromatic rings. The summed E-state index contributed by atoms with van der Waals surface area (Å²) in [5, 5.41) is 2.98. The largest absolute Gasteiger partial charge is 0.467 e. The van der Waals surface area contributed by atoms with Gasteiger partial charge in [0.2, 0.25) is 5.91 Å². The van der Waals surface area contributed by atoms with Gasteiger partial charge in [-0.3, -0.25) is 4.79 Å². The van der Waals surface area contributed by atoms with Crippen molar-refractivity contribution in [1.82, 2.24) is 5.32 Å². The lowest BCUT2D eigenvalue weighted by Gasteiger charge is -2.17. The van der Waals surface area contributed by atoms with Crippen LogP contribution in [0, 0.1) is 11.8 Å². The molecule has 1 aliphatic rings. The molecule has 2 atom stereocenters. The van der Waals surface area contributed by atoms with Gasteiger partial charge in [-0.05, 0) is 43.9 Å². The van der Waals surface area contributed by atoms with Gasteiger partial charge in [0.05, 0.1) is 6.26 Å². The van der Waals surface area contributed by atoms with Crippen LogP contribution in [0.5, 0.6) is 0 Å². The first kappa shape index (κ1) is 15.1. The summed E-state index contributed by atoms with van der Waals surface area (Å²) in [4.78, 5) is 12.0. The Morgan fingerprint density at radius 1 is 1.50 bits per heavy atom. The van der Waals surface area contributed by atoms with Crippen LogP contribution in [-0.4, -0.2) is 25.6 Å². The van der Waals surface area contributed by atoms with Crippen molar-refractivity contribution < 1.29 is 13.9 Å². The second-order valence-corrected chi connectivity index (χ2v) is 5.31. The number of amides is 1. The molecule has 20 heavy (non-hydrogen) atoms. The Labute approximate surface area is 119 Å². The highest BCUT2D eigenvalue weighted by Crippen LogP contribution is 2.30. The zero-order chi connectivity index (χ0) is 14.2. The molecular weight excluding hydrogens is 256 g/mol. The summed E-state index contributed by atoms with van der Waals surface area (Å²) in [5.74, 6) is 1.46. The van der Waals surface area contributed by atoms with Crippen LogP contribution in [-0.2, 0) is 16.1 Å². The number of rotatable bonds is 8. The standard InChI is InChI=1S/C15H24N2O3/c16-10-12-4-1-6-14(12)15(18)17-7-3-8-19-11-13-5-2-9-20-13/h2,5,9,12,14H,1,3-4,6-8,10-11,16H2,(H,17,18). The van der Waals surface area contributed by atoms with Crippen molar-refractivity contribution >= 4 is 5.91 Å². The molecule has 1 saturated carbocycles. The van der Waals surface area contributed by atoms with Crippen LogP contribution in [0.1, 0.15) is 31.4 Å². The lowest BCUT2D eigenvalue weighted by molar-refractivity contribution is -0.126. The van der Waals surface area contributed by atoms with E-state index in [1.807, 2.05) is 12.1 Å². The van der Waals surface area contributed by atoms with Gasteiger partial charge in [0.25, 0.3) is 0 Å². The summed E-state index contributed by atoms with van der Waals surface area (Å²) in [6.07, 6.45) is 5.62. The smallest absolute Gasteiger partial charge is 0.223 e. The Morgan fingerprint density at radius 2 is 2.40 bits per heavy atom. The molecule has 1 amide bonds. The Balaban J connectivity index is 1.53. The summed E-state index contributed by atoms with van der Waals surface area (Å²) in [5.41, 5.74) is 5.69. The van der Waals surface area contributed by atoms with Crippen molar-refractivity contribution in [1.29, 1.82) is 0 Å². The van der Waals surface area contributed by atoms with Crippen LogP contribution in [0.2, 0.25) is 0 Å². The molecule has 3 N–H and O–H groups in total. The molecule has 0 radical (unpaired) electrons. The lowest BCUT2D eigenvalue weighted by Crippen LogP contribution is -2.35. The van der Waals surface area contributed by atoms with Gasteiger partial charge < -0.3 is 20.2 Å². The number of ether oxygens (including phenoxy) is 1. The summed E-state index contributed by atoms with van der Waals surface area (Å²) in [6, 6.07) is 3.73. The number of furan rings is 1. The molecule has 1 aliphatic carbocycles. The van der Waals surface area contributed by atoms with Gasteiger partial charge in [-0.2, -0.15) is 0 Å². The molecule has 2 rings (SSSR count).